The van der Waals surface area contributed by atoms with E-state index >= 15 is 0 Å². The second-order valence-electron chi connectivity index (χ2n) is 5.18. The van der Waals surface area contributed by atoms with Crippen LogP contribution in [0.15, 0.2) is 42.5 Å². The molecule has 0 fully saturated rings. The minimum Gasteiger partial charge on any atom is -0.396 e. The van der Waals surface area contributed by atoms with Crippen molar-refractivity contribution in [3.63, 3.8) is 0 Å². The molecule has 0 spiro atoms. The summed E-state index contributed by atoms with van der Waals surface area (Å²) in [5.74, 6) is 0.147. The fourth-order valence-corrected chi connectivity index (χ4v) is 2.85. The van der Waals surface area contributed by atoms with Gasteiger partial charge >= 0.3 is 0 Å². The number of aryl methyl sites for hydroxylation is 1. The van der Waals surface area contributed by atoms with Gasteiger partial charge in [0.05, 0.1) is 0 Å². The van der Waals surface area contributed by atoms with Crippen LogP contribution in [0.4, 0.5) is 0 Å². The normalized spacial score (nSPS) is 12.4. The molecule has 20 heavy (non-hydrogen) atoms. The Bertz CT molecular complexity index is 581. The molecule has 1 unspecified atom stereocenters. The van der Waals surface area contributed by atoms with E-state index in [2.05, 4.69) is 6.07 Å². The summed E-state index contributed by atoms with van der Waals surface area (Å²) in [4.78, 5) is 0. The summed E-state index contributed by atoms with van der Waals surface area (Å²) in [6.45, 7) is 2.15. The molecule has 106 valence electrons. The van der Waals surface area contributed by atoms with Crippen LogP contribution in [0.3, 0.4) is 0 Å². The van der Waals surface area contributed by atoms with E-state index in [1.165, 1.54) is 0 Å². The van der Waals surface area contributed by atoms with Crippen molar-refractivity contribution < 1.29 is 5.11 Å². The van der Waals surface area contributed by atoms with Gasteiger partial charge in [-0.3, -0.25) is 0 Å². The van der Waals surface area contributed by atoms with Crippen LogP contribution in [-0.2, 0) is 12.8 Å². The van der Waals surface area contributed by atoms with Crippen LogP contribution < -0.4 is 0 Å². The van der Waals surface area contributed by atoms with Crippen molar-refractivity contribution in [2.24, 2.45) is 5.92 Å². The van der Waals surface area contributed by atoms with Gasteiger partial charge in [-0.2, -0.15) is 0 Å². The molecule has 2 rings (SSSR count). The predicted molar refractivity (Wildman–Crippen MR) is 85.6 cm³/mol. The number of hydrogen-bond donors (Lipinski definition) is 1. The van der Waals surface area contributed by atoms with Gasteiger partial charge in [-0.15, -0.1) is 0 Å². The zero-order chi connectivity index (χ0) is 14.5. The maximum atomic E-state index is 9.59. The van der Waals surface area contributed by atoms with Gasteiger partial charge in [0.25, 0.3) is 0 Å². The minimum absolute atomic E-state index is 0.136. The first-order valence-electron chi connectivity index (χ1n) is 6.69. The van der Waals surface area contributed by atoms with Crippen molar-refractivity contribution in [3.05, 3.63) is 69.2 Å². The van der Waals surface area contributed by atoms with E-state index in [0.717, 1.165) is 39.6 Å². The summed E-state index contributed by atoms with van der Waals surface area (Å²) in [5, 5.41) is 11.1. The Labute approximate surface area is 130 Å². The van der Waals surface area contributed by atoms with Crippen molar-refractivity contribution >= 4 is 23.2 Å². The zero-order valence-corrected chi connectivity index (χ0v) is 13.0. The molecule has 1 nitrogen and oxygen atoms in total. The molecule has 0 aromatic heterocycles. The van der Waals surface area contributed by atoms with Crippen LogP contribution in [0.25, 0.3) is 0 Å². The Morgan fingerprint density at radius 2 is 1.85 bits per heavy atom. The second kappa shape index (κ2) is 7.12. The first-order chi connectivity index (χ1) is 9.58. The molecule has 1 atom stereocenters. The molecular weight excluding hydrogens is 291 g/mol. The van der Waals surface area contributed by atoms with Crippen LogP contribution in [0.2, 0.25) is 10.0 Å². The maximum absolute atomic E-state index is 9.59. The molecule has 2 aromatic carbocycles. The molecule has 0 aliphatic carbocycles. The number of halogens is 2. The topological polar surface area (TPSA) is 20.2 Å². The standard InChI is InChI=1S/C17H18Cl2O/c1-12-5-6-15(17(19)7-12)9-14(11-20)8-13-3-2-4-16(18)10-13/h2-7,10,14,20H,8-9,11H2,1H3. The fourth-order valence-electron chi connectivity index (χ4n) is 2.33. The Balaban J connectivity index is 2.09. The number of aliphatic hydroxyl groups excluding tert-OH is 1. The van der Waals surface area contributed by atoms with Gasteiger partial charge in [0.2, 0.25) is 0 Å². The SMILES string of the molecule is Cc1ccc(CC(CO)Cc2cccc(Cl)c2)c(Cl)c1. The van der Waals surface area contributed by atoms with E-state index in [9.17, 15) is 5.11 Å². The average Bonchev–Trinajstić information content (AvgIpc) is 2.41. The summed E-state index contributed by atoms with van der Waals surface area (Å²) in [5.41, 5.74) is 3.37. The van der Waals surface area contributed by atoms with Crippen LogP contribution >= 0.6 is 23.2 Å². The van der Waals surface area contributed by atoms with Crippen molar-refractivity contribution in [2.45, 2.75) is 19.8 Å². The van der Waals surface area contributed by atoms with Crippen LogP contribution in [0, 0.1) is 12.8 Å². The molecule has 0 saturated carbocycles. The van der Waals surface area contributed by atoms with Gasteiger partial charge in [0, 0.05) is 16.7 Å². The molecular formula is C17H18Cl2O. The van der Waals surface area contributed by atoms with Crippen LogP contribution in [-0.4, -0.2) is 11.7 Å². The van der Waals surface area contributed by atoms with Gasteiger partial charge in [-0.1, -0.05) is 47.5 Å². The highest BCUT2D eigenvalue weighted by Gasteiger charge is 2.12. The van der Waals surface area contributed by atoms with Gasteiger partial charge in [0.15, 0.2) is 0 Å². The molecule has 0 aliphatic rings. The lowest BCUT2D eigenvalue weighted by Gasteiger charge is -2.15. The third-order valence-corrected chi connectivity index (χ3v) is 3.98. The summed E-state index contributed by atoms with van der Waals surface area (Å²) >= 11 is 12.2. The van der Waals surface area contributed by atoms with Crippen molar-refractivity contribution in [3.8, 4) is 0 Å². The number of aliphatic hydroxyl groups is 1. The third-order valence-electron chi connectivity index (χ3n) is 3.39. The molecule has 0 radical (unpaired) electrons. The van der Waals surface area contributed by atoms with Gasteiger partial charge in [-0.05, 0) is 60.6 Å². The quantitative estimate of drug-likeness (QED) is 0.849. The van der Waals surface area contributed by atoms with Gasteiger partial charge in [-0.25, -0.2) is 0 Å². The Morgan fingerprint density at radius 1 is 1.05 bits per heavy atom. The average molecular weight is 309 g/mol. The molecule has 0 saturated heterocycles. The largest absolute Gasteiger partial charge is 0.396 e. The molecule has 0 aliphatic heterocycles. The molecule has 3 heteroatoms. The summed E-state index contributed by atoms with van der Waals surface area (Å²) < 4.78 is 0. The summed E-state index contributed by atoms with van der Waals surface area (Å²) in [6, 6.07) is 13.8. The Morgan fingerprint density at radius 3 is 2.50 bits per heavy atom. The molecule has 0 amide bonds. The van der Waals surface area contributed by atoms with E-state index < -0.39 is 0 Å². The highest BCUT2D eigenvalue weighted by molar-refractivity contribution is 6.31. The first-order valence-corrected chi connectivity index (χ1v) is 7.44. The highest BCUT2D eigenvalue weighted by Crippen LogP contribution is 2.23. The van der Waals surface area contributed by atoms with E-state index in [1.54, 1.807) is 0 Å². The van der Waals surface area contributed by atoms with E-state index in [0.29, 0.717) is 0 Å². The zero-order valence-electron chi connectivity index (χ0n) is 11.4. The Kier molecular flexibility index (Phi) is 5.47. The van der Waals surface area contributed by atoms with Crippen LogP contribution in [0.5, 0.6) is 0 Å². The number of hydrogen-bond acceptors (Lipinski definition) is 1. The lowest BCUT2D eigenvalue weighted by atomic mass is 9.93. The minimum atomic E-state index is 0.136. The third kappa shape index (κ3) is 4.24. The van der Waals surface area contributed by atoms with E-state index in [1.807, 2.05) is 43.3 Å². The van der Waals surface area contributed by atoms with E-state index in [4.69, 9.17) is 23.2 Å². The van der Waals surface area contributed by atoms with Gasteiger partial charge in [0.1, 0.15) is 0 Å². The predicted octanol–water partition coefficient (Wildman–Crippen LogP) is 4.70. The second-order valence-corrected chi connectivity index (χ2v) is 6.03. The molecule has 2 aromatic rings. The van der Waals surface area contributed by atoms with Crippen molar-refractivity contribution in [1.29, 1.82) is 0 Å². The lowest BCUT2D eigenvalue weighted by molar-refractivity contribution is 0.225. The molecule has 1 N–H and O–H groups in total. The number of benzene rings is 2. The van der Waals surface area contributed by atoms with Crippen molar-refractivity contribution in [2.75, 3.05) is 6.61 Å². The summed E-state index contributed by atoms with van der Waals surface area (Å²) in [7, 11) is 0. The van der Waals surface area contributed by atoms with E-state index in [-0.39, 0.29) is 12.5 Å². The smallest absolute Gasteiger partial charge is 0.0465 e. The van der Waals surface area contributed by atoms with Gasteiger partial charge < -0.3 is 5.11 Å². The number of rotatable bonds is 5. The fraction of sp³-hybridized carbons (Fsp3) is 0.294. The van der Waals surface area contributed by atoms with Crippen molar-refractivity contribution in [1.82, 2.24) is 0 Å². The molecule has 0 bridgehead atoms. The summed E-state index contributed by atoms with van der Waals surface area (Å²) in [6.07, 6.45) is 1.56. The maximum Gasteiger partial charge on any atom is 0.0465 e. The lowest BCUT2D eigenvalue weighted by Crippen LogP contribution is -2.13. The Hall–Kier alpha value is -1.02. The highest BCUT2D eigenvalue weighted by atomic mass is 35.5. The monoisotopic (exact) mass is 308 g/mol. The first kappa shape index (κ1) is 15.4. The van der Waals surface area contributed by atoms with Crippen LogP contribution in [0.1, 0.15) is 16.7 Å². The molecule has 0 heterocycles.